The minimum absolute atomic E-state index is 0.0321. The van der Waals surface area contributed by atoms with Gasteiger partial charge < -0.3 is 4.57 Å². The second kappa shape index (κ2) is 14.6. The summed E-state index contributed by atoms with van der Waals surface area (Å²) in [5, 5.41) is 0.0641. The Labute approximate surface area is 353 Å². The van der Waals surface area contributed by atoms with Gasteiger partial charge in [-0.2, -0.15) is 52.7 Å². The highest BCUT2D eigenvalue weighted by Gasteiger charge is 2.42. The maximum Gasteiger partial charge on any atom is 0.417 e. The van der Waals surface area contributed by atoms with Crippen LogP contribution in [0.2, 0.25) is 0 Å². The van der Waals surface area contributed by atoms with Crippen molar-refractivity contribution in [1.82, 2.24) is 4.57 Å². The first-order valence-electron chi connectivity index (χ1n) is 18.9. The summed E-state index contributed by atoms with van der Waals surface area (Å²) in [5.74, 6) is -1.45. The van der Waals surface area contributed by atoms with E-state index in [-0.39, 0.29) is 67.6 Å². The molecule has 2 amide bonds. The highest BCUT2D eigenvalue weighted by Crippen LogP contribution is 2.46. The molecular weight excluding hydrogens is 865 g/mol. The van der Waals surface area contributed by atoms with E-state index >= 15 is 0 Å². The molecule has 8 aromatic rings. The van der Waals surface area contributed by atoms with Gasteiger partial charge >= 0.3 is 24.7 Å². The van der Waals surface area contributed by atoms with Gasteiger partial charge in [-0.15, -0.1) is 0 Å². The molecule has 1 aliphatic rings. The normalized spacial score (nSPS) is 13.7. The van der Waals surface area contributed by atoms with Crippen molar-refractivity contribution in [2.75, 3.05) is 4.90 Å². The van der Waals surface area contributed by atoms with Crippen LogP contribution in [0.15, 0.2) is 146 Å². The van der Waals surface area contributed by atoms with E-state index < -0.39 is 69.9 Å². The monoisotopic (exact) mass is 888 g/mol. The lowest BCUT2D eigenvalue weighted by Crippen LogP contribution is -2.29. The van der Waals surface area contributed by atoms with Gasteiger partial charge in [-0.25, -0.2) is 4.90 Å². The van der Waals surface area contributed by atoms with E-state index in [1.54, 1.807) is 24.3 Å². The number of nitrogens with zero attached hydrogens (tertiary/aromatic N) is 2. The van der Waals surface area contributed by atoms with Gasteiger partial charge in [-0.1, -0.05) is 72.8 Å². The first-order valence-corrected chi connectivity index (χ1v) is 18.9. The Morgan fingerprint density at radius 3 is 1.38 bits per heavy atom. The van der Waals surface area contributed by atoms with Gasteiger partial charge in [0, 0.05) is 10.8 Å². The van der Waals surface area contributed by atoms with Gasteiger partial charge in [0.05, 0.1) is 55.8 Å². The van der Waals surface area contributed by atoms with E-state index in [0.29, 0.717) is 29.8 Å². The maximum atomic E-state index is 14.5. The Kier molecular flexibility index (Phi) is 9.58. The Balaban J connectivity index is 1.28. The molecule has 9 rings (SSSR count). The zero-order chi connectivity index (χ0) is 45.7. The summed E-state index contributed by atoms with van der Waals surface area (Å²) in [5.41, 5.74) is -6.32. The van der Waals surface area contributed by atoms with Crippen LogP contribution >= 0.6 is 0 Å². The zero-order valence-corrected chi connectivity index (χ0v) is 32.1. The molecule has 2 heterocycles. The van der Waals surface area contributed by atoms with Crippen LogP contribution in [0.3, 0.4) is 0 Å². The number of fused-ring (bicyclic) bond motifs is 4. The Morgan fingerprint density at radius 2 is 0.875 bits per heavy atom. The molecule has 7 aromatic carbocycles. The highest BCUT2D eigenvalue weighted by atomic mass is 19.4. The largest absolute Gasteiger partial charge is 0.417 e. The molecule has 0 fully saturated rings. The molecule has 0 aliphatic carbocycles. The lowest BCUT2D eigenvalue weighted by Gasteiger charge is -2.17. The standard InChI is InChI=1S/C48H24F12N2O2/c49-45(50,51)29-14-16-32(37(23-29)47(55,56)57)27-12-18-39-35(21-27)36-22-28(33-17-15-30(46(52,53)54)24-38(33)48(58,59)60)13-19-40(36)62(39)41-11-5-10-34-42(41)44(64)61(43(34)63)31-9-4-8-26(20-31)25-6-2-1-3-7-25/h1-24H. The average Bonchev–Trinajstić information content (AvgIpc) is 3.71. The SMILES string of the molecule is O=C1c2cccc(-n3c4ccc(-c5ccc(C(F)(F)F)cc5C(F)(F)F)cc4c4cc(-c5ccc(C(F)(F)F)cc5C(F)(F)F)ccc43)c2C(=O)N1c1cccc(-c2ccccc2)c1. The number of hydrogen-bond acceptors (Lipinski definition) is 2. The molecule has 16 heteroatoms. The molecule has 322 valence electrons. The number of carbonyl (C=O) groups excluding carboxylic acids is 2. The van der Waals surface area contributed by atoms with Crippen molar-refractivity contribution >= 4 is 39.3 Å². The average molecular weight is 889 g/mol. The maximum absolute atomic E-state index is 14.5. The Hall–Kier alpha value is -7.36. The number of alkyl halides is 12. The number of amides is 2. The molecule has 0 saturated heterocycles. The molecular formula is C48H24F12N2O2. The number of anilines is 1. The molecule has 0 radical (unpaired) electrons. The molecule has 0 bridgehead atoms. The fourth-order valence-corrected chi connectivity index (χ4v) is 8.18. The summed E-state index contributed by atoms with van der Waals surface area (Å²) < 4.78 is 170. The van der Waals surface area contributed by atoms with Gasteiger partial charge in [0.15, 0.2) is 0 Å². The van der Waals surface area contributed by atoms with Crippen LogP contribution in [-0.2, 0) is 24.7 Å². The van der Waals surface area contributed by atoms with E-state index in [1.807, 2.05) is 30.3 Å². The third kappa shape index (κ3) is 7.12. The number of aromatic nitrogens is 1. The predicted octanol–water partition coefficient (Wildman–Crippen LogP) is 14.7. The number of rotatable bonds is 5. The molecule has 0 N–H and O–H groups in total. The fraction of sp³-hybridized carbons (Fsp3) is 0.0833. The molecule has 0 spiro atoms. The van der Waals surface area contributed by atoms with Crippen molar-refractivity contribution in [1.29, 1.82) is 0 Å². The van der Waals surface area contributed by atoms with Crippen LogP contribution in [0.1, 0.15) is 43.0 Å². The summed E-state index contributed by atoms with van der Waals surface area (Å²) >= 11 is 0. The van der Waals surface area contributed by atoms with Crippen LogP contribution in [0.25, 0.3) is 60.9 Å². The van der Waals surface area contributed by atoms with Crippen molar-refractivity contribution in [3.05, 3.63) is 179 Å². The topological polar surface area (TPSA) is 42.3 Å². The van der Waals surface area contributed by atoms with E-state index in [9.17, 15) is 62.3 Å². The van der Waals surface area contributed by atoms with Crippen molar-refractivity contribution in [2.24, 2.45) is 0 Å². The fourth-order valence-electron chi connectivity index (χ4n) is 8.18. The zero-order valence-electron chi connectivity index (χ0n) is 32.1. The number of hydrogen-bond donors (Lipinski definition) is 0. The molecule has 0 unspecified atom stereocenters. The van der Waals surface area contributed by atoms with Crippen LogP contribution in [0, 0.1) is 0 Å². The lowest BCUT2D eigenvalue weighted by molar-refractivity contribution is -0.144. The summed E-state index contributed by atoms with van der Waals surface area (Å²) in [6.45, 7) is 0. The van der Waals surface area contributed by atoms with E-state index in [4.69, 9.17) is 0 Å². The summed E-state index contributed by atoms with van der Waals surface area (Å²) in [7, 11) is 0. The first-order chi connectivity index (χ1) is 30.1. The van der Waals surface area contributed by atoms with Gasteiger partial charge in [0.2, 0.25) is 0 Å². The summed E-state index contributed by atoms with van der Waals surface area (Å²) in [6.07, 6.45) is -20.8. The molecule has 64 heavy (non-hydrogen) atoms. The van der Waals surface area contributed by atoms with Crippen molar-refractivity contribution < 1.29 is 62.3 Å². The minimum Gasteiger partial charge on any atom is -0.308 e. The molecule has 0 atom stereocenters. The third-order valence-corrected chi connectivity index (χ3v) is 11.0. The highest BCUT2D eigenvalue weighted by molar-refractivity contribution is 6.36. The van der Waals surface area contributed by atoms with E-state index in [0.717, 1.165) is 10.5 Å². The number of carbonyl (C=O) groups is 2. The van der Waals surface area contributed by atoms with Crippen LogP contribution in [0.4, 0.5) is 58.4 Å². The van der Waals surface area contributed by atoms with Crippen LogP contribution in [0.5, 0.6) is 0 Å². The first kappa shape index (κ1) is 42.0. The van der Waals surface area contributed by atoms with E-state index in [1.165, 1.54) is 59.2 Å². The lowest BCUT2D eigenvalue weighted by atomic mass is 9.94. The minimum atomic E-state index is -5.28. The molecule has 1 aliphatic heterocycles. The van der Waals surface area contributed by atoms with E-state index in [2.05, 4.69) is 0 Å². The second-order valence-electron chi connectivity index (χ2n) is 14.9. The Bertz CT molecular complexity index is 3080. The summed E-state index contributed by atoms with van der Waals surface area (Å²) in [4.78, 5) is 29.5. The van der Waals surface area contributed by atoms with Gasteiger partial charge in [-0.05, 0) is 106 Å². The van der Waals surface area contributed by atoms with Crippen molar-refractivity contribution in [3.63, 3.8) is 0 Å². The second-order valence-corrected chi connectivity index (χ2v) is 14.9. The molecule has 1 aromatic heterocycles. The quantitative estimate of drug-likeness (QED) is 0.128. The van der Waals surface area contributed by atoms with Crippen molar-refractivity contribution in [3.8, 4) is 39.1 Å². The molecule has 4 nitrogen and oxygen atoms in total. The van der Waals surface area contributed by atoms with Gasteiger partial charge in [0.1, 0.15) is 0 Å². The summed E-state index contributed by atoms with van der Waals surface area (Å²) in [6, 6.07) is 29.6. The van der Waals surface area contributed by atoms with Crippen LogP contribution < -0.4 is 4.90 Å². The number of imide groups is 1. The Morgan fingerprint density at radius 1 is 0.375 bits per heavy atom. The van der Waals surface area contributed by atoms with Gasteiger partial charge in [0.25, 0.3) is 11.8 Å². The van der Waals surface area contributed by atoms with Crippen LogP contribution in [-0.4, -0.2) is 16.4 Å². The predicted molar refractivity (Wildman–Crippen MR) is 215 cm³/mol. The van der Waals surface area contributed by atoms with Crippen molar-refractivity contribution in [2.45, 2.75) is 24.7 Å². The third-order valence-electron chi connectivity index (χ3n) is 11.0. The smallest absolute Gasteiger partial charge is 0.308 e. The number of halogens is 12. The molecule has 0 saturated carbocycles. The number of benzene rings is 7. The van der Waals surface area contributed by atoms with Gasteiger partial charge in [-0.3, -0.25) is 9.59 Å².